The Morgan fingerprint density at radius 3 is 2.64 bits per heavy atom. The average molecular weight is 323 g/mol. The molecule has 0 saturated carbocycles. The normalized spacial score (nSPS) is 14.7. The first-order chi connectivity index (χ1) is 10.8. The Kier molecular flexibility index (Phi) is 7.39. The largest absolute Gasteiger partial charge is 0.380 e. The Morgan fingerprint density at radius 2 is 1.95 bits per heavy atom. The smallest absolute Gasteiger partial charge is 0.315 e. The van der Waals surface area contributed by atoms with Crippen LogP contribution in [0, 0.1) is 0 Å². The SMILES string of the molecule is CCOCCNC(=O)NCc1ccc(N2CCSCC2)cc1. The predicted octanol–water partition coefficient (Wildman–Crippen LogP) is 2.08. The number of nitrogens with one attached hydrogen (secondary N) is 2. The first kappa shape index (κ1) is 17.0. The standard InChI is InChI=1S/C16H25N3O2S/c1-2-21-10-7-17-16(20)18-13-14-3-5-15(6-4-14)19-8-11-22-12-9-19/h3-6H,2,7-13H2,1H3,(H2,17,18,20). The molecular formula is C16H25N3O2S. The molecular weight excluding hydrogens is 298 g/mol. The molecule has 0 atom stereocenters. The number of hydrogen-bond acceptors (Lipinski definition) is 4. The molecule has 2 rings (SSSR count). The van der Waals surface area contributed by atoms with Crippen LogP contribution in [0.25, 0.3) is 0 Å². The second-order valence-electron chi connectivity index (χ2n) is 5.07. The molecule has 1 aromatic rings. The molecule has 2 amide bonds. The fourth-order valence-electron chi connectivity index (χ4n) is 2.27. The molecule has 0 aromatic heterocycles. The van der Waals surface area contributed by atoms with Crippen LogP contribution < -0.4 is 15.5 Å². The number of thioether (sulfide) groups is 1. The van der Waals surface area contributed by atoms with E-state index in [-0.39, 0.29) is 6.03 Å². The van der Waals surface area contributed by atoms with E-state index in [1.54, 1.807) is 0 Å². The quantitative estimate of drug-likeness (QED) is 0.754. The van der Waals surface area contributed by atoms with Crippen molar-refractivity contribution < 1.29 is 9.53 Å². The van der Waals surface area contributed by atoms with Crippen molar-refractivity contribution in [3.8, 4) is 0 Å². The molecule has 1 fully saturated rings. The fourth-order valence-corrected chi connectivity index (χ4v) is 3.18. The molecule has 0 spiro atoms. The molecule has 0 aliphatic carbocycles. The molecule has 1 heterocycles. The monoisotopic (exact) mass is 323 g/mol. The van der Waals surface area contributed by atoms with Gasteiger partial charge in [0, 0.05) is 50.0 Å². The number of carbonyl (C=O) groups excluding carboxylic acids is 1. The Morgan fingerprint density at radius 1 is 1.23 bits per heavy atom. The summed E-state index contributed by atoms with van der Waals surface area (Å²) in [5.41, 5.74) is 2.38. The van der Waals surface area contributed by atoms with Gasteiger partial charge >= 0.3 is 6.03 Å². The van der Waals surface area contributed by atoms with Gasteiger partial charge in [0.05, 0.1) is 6.61 Å². The molecule has 1 aromatic carbocycles. The number of anilines is 1. The first-order valence-electron chi connectivity index (χ1n) is 7.80. The van der Waals surface area contributed by atoms with E-state index < -0.39 is 0 Å². The van der Waals surface area contributed by atoms with Crippen molar-refractivity contribution in [2.45, 2.75) is 13.5 Å². The van der Waals surface area contributed by atoms with Gasteiger partial charge in [-0.3, -0.25) is 0 Å². The minimum absolute atomic E-state index is 0.156. The maximum Gasteiger partial charge on any atom is 0.315 e. The highest BCUT2D eigenvalue weighted by Gasteiger charge is 2.10. The lowest BCUT2D eigenvalue weighted by Gasteiger charge is -2.28. The average Bonchev–Trinajstić information content (AvgIpc) is 2.58. The van der Waals surface area contributed by atoms with Gasteiger partial charge in [-0.25, -0.2) is 4.79 Å². The third-order valence-corrected chi connectivity index (χ3v) is 4.44. The second kappa shape index (κ2) is 9.58. The summed E-state index contributed by atoms with van der Waals surface area (Å²) in [7, 11) is 0. The number of amides is 2. The van der Waals surface area contributed by atoms with E-state index in [0.717, 1.165) is 18.7 Å². The van der Waals surface area contributed by atoms with Gasteiger partial charge in [-0.15, -0.1) is 0 Å². The highest BCUT2D eigenvalue weighted by atomic mass is 32.2. The van der Waals surface area contributed by atoms with E-state index in [1.165, 1.54) is 17.2 Å². The van der Waals surface area contributed by atoms with Gasteiger partial charge in [0.1, 0.15) is 0 Å². The Hall–Kier alpha value is -1.40. The van der Waals surface area contributed by atoms with E-state index in [2.05, 4.69) is 39.8 Å². The molecule has 1 aliphatic rings. The van der Waals surface area contributed by atoms with Crippen molar-refractivity contribution in [2.24, 2.45) is 0 Å². The van der Waals surface area contributed by atoms with Crippen molar-refractivity contribution in [3.63, 3.8) is 0 Å². The maximum atomic E-state index is 11.6. The third-order valence-electron chi connectivity index (χ3n) is 3.50. The molecule has 2 N–H and O–H groups in total. The summed E-state index contributed by atoms with van der Waals surface area (Å²) in [4.78, 5) is 14.0. The predicted molar refractivity (Wildman–Crippen MR) is 92.7 cm³/mol. The minimum atomic E-state index is -0.156. The van der Waals surface area contributed by atoms with E-state index in [1.807, 2.05) is 18.7 Å². The first-order valence-corrected chi connectivity index (χ1v) is 8.96. The summed E-state index contributed by atoms with van der Waals surface area (Å²) in [6.07, 6.45) is 0. The number of urea groups is 1. The topological polar surface area (TPSA) is 53.6 Å². The van der Waals surface area contributed by atoms with E-state index in [4.69, 9.17) is 4.74 Å². The van der Waals surface area contributed by atoms with Gasteiger partial charge in [-0.2, -0.15) is 11.8 Å². The van der Waals surface area contributed by atoms with Crippen LogP contribution in [0.3, 0.4) is 0 Å². The second-order valence-corrected chi connectivity index (χ2v) is 6.30. The Bertz CT molecular complexity index is 447. The van der Waals surface area contributed by atoms with Crippen molar-refractivity contribution in [2.75, 3.05) is 49.3 Å². The van der Waals surface area contributed by atoms with Gasteiger partial charge in [0.2, 0.25) is 0 Å². The Balaban J connectivity index is 1.70. The minimum Gasteiger partial charge on any atom is -0.380 e. The summed E-state index contributed by atoms with van der Waals surface area (Å²) < 4.78 is 5.17. The zero-order valence-corrected chi connectivity index (χ0v) is 14.0. The highest BCUT2D eigenvalue weighted by Crippen LogP contribution is 2.19. The number of carbonyl (C=O) groups is 1. The van der Waals surface area contributed by atoms with Crippen LogP contribution in [0.1, 0.15) is 12.5 Å². The van der Waals surface area contributed by atoms with Gasteiger partial charge in [-0.05, 0) is 24.6 Å². The van der Waals surface area contributed by atoms with Crippen LogP contribution in [0.2, 0.25) is 0 Å². The Labute approximate surface area is 136 Å². The third kappa shape index (κ3) is 5.77. The maximum absolute atomic E-state index is 11.6. The van der Waals surface area contributed by atoms with Gasteiger partial charge in [-0.1, -0.05) is 12.1 Å². The van der Waals surface area contributed by atoms with Crippen LogP contribution in [0.15, 0.2) is 24.3 Å². The molecule has 0 bridgehead atoms. The van der Waals surface area contributed by atoms with Crippen LogP contribution in [0.5, 0.6) is 0 Å². The van der Waals surface area contributed by atoms with Crippen molar-refractivity contribution in [1.82, 2.24) is 10.6 Å². The van der Waals surface area contributed by atoms with E-state index in [9.17, 15) is 4.79 Å². The summed E-state index contributed by atoms with van der Waals surface area (Å²) in [6.45, 7) is 6.46. The molecule has 22 heavy (non-hydrogen) atoms. The number of nitrogens with zero attached hydrogens (tertiary/aromatic N) is 1. The van der Waals surface area contributed by atoms with Crippen LogP contribution in [-0.2, 0) is 11.3 Å². The van der Waals surface area contributed by atoms with Crippen molar-refractivity contribution >= 4 is 23.5 Å². The molecule has 122 valence electrons. The van der Waals surface area contributed by atoms with Crippen molar-refractivity contribution in [1.29, 1.82) is 0 Å². The summed E-state index contributed by atoms with van der Waals surface area (Å²) in [6, 6.07) is 8.28. The molecule has 1 aliphatic heterocycles. The van der Waals surface area contributed by atoms with Crippen LogP contribution in [0.4, 0.5) is 10.5 Å². The molecule has 0 radical (unpaired) electrons. The summed E-state index contributed by atoms with van der Waals surface area (Å²) in [5, 5.41) is 5.62. The lowest BCUT2D eigenvalue weighted by Crippen LogP contribution is -2.37. The zero-order valence-electron chi connectivity index (χ0n) is 13.1. The summed E-state index contributed by atoms with van der Waals surface area (Å²) >= 11 is 2.01. The van der Waals surface area contributed by atoms with Gasteiger partial charge < -0.3 is 20.3 Å². The molecule has 0 unspecified atom stereocenters. The number of rotatable bonds is 7. The van der Waals surface area contributed by atoms with E-state index in [0.29, 0.717) is 26.3 Å². The van der Waals surface area contributed by atoms with Crippen molar-refractivity contribution in [3.05, 3.63) is 29.8 Å². The number of ether oxygens (including phenoxy) is 1. The van der Waals surface area contributed by atoms with Crippen LogP contribution in [-0.4, -0.2) is 50.4 Å². The lowest BCUT2D eigenvalue weighted by atomic mass is 10.2. The highest BCUT2D eigenvalue weighted by molar-refractivity contribution is 7.99. The molecule has 5 nitrogen and oxygen atoms in total. The van der Waals surface area contributed by atoms with Gasteiger partial charge in [0.25, 0.3) is 0 Å². The summed E-state index contributed by atoms with van der Waals surface area (Å²) in [5.74, 6) is 2.40. The molecule has 6 heteroatoms. The molecule has 1 saturated heterocycles. The zero-order chi connectivity index (χ0) is 15.6. The fraction of sp³-hybridized carbons (Fsp3) is 0.562. The lowest BCUT2D eigenvalue weighted by molar-refractivity contribution is 0.149. The number of hydrogen-bond donors (Lipinski definition) is 2. The van der Waals surface area contributed by atoms with Gasteiger partial charge in [0.15, 0.2) is 0 Å². The number of benzene rings is 1. The van der Waals surface area contributed by atoms with Crippen LogP contribution >= 0.6 is 11.8 Å². The van der Waals surface area contributed by atoms with E-state index >= 15 is 0 Å².